The summed E-state index contributed by atoms with van der Waals surface area (Å²) in [6.07, 6.45) is -6.93. The Morgan fingerprint density at radius 3 is 1.95 bits per heavy atom. The van der Waals surface area contributed by atoms with Crippen molar-refractivity contribution in [2.45, 2.75) is 51.5 Å². The topological polar surface area (TPSA) is 129 Å². The van der Waals surface area contributed by atoms with Crippen LogP contribution in [0.25, 0.3) is 0 Å². The molecule has 0 aromatic heterocycles. The first-order valence-electron chi connectivity index (χ1n) is 6.21. The lowest BCUT2D eigenvalue weighted by Crippen LogP contribution is -2.61. The fraction of sp³-hybridized carbons (Fsp3) is 0.750. The smallest absolute Gasteiger partial charge is 0.303 e. The van der Waals surface area contributed by atoms with Crippen LogP contribution in [-0.4, -0.2) is 65.4 Å². The molecular weight excluding hydrogens is 288 g/mol. The standard InChI is InChI=1S/C12H18O9/c1-5(13)18-4-8-10(19-6(2)14)9(16)11(12(17)21-8)20-7(3)15/h8-12,16-17H,4H2,1-3H3/t8-,9-,10+,11-,12-/m1/s1. The summed E-state index contributed by atoms with van der Waals surface area (Å²) in [6.45, 7) is 3.03. The quantitative estimate of drug-likeness (QED) is 0.470. The lowest BCUT2D eigenvalue weighted by molar-refractivity contribution is -0.293. The van der Waals surface area contributed by atoms with Gasteiger partial charge in [-0.05, 0) is 0 Å². The first-order chi connectivity index (χ1) is 9.72. The van der Waals surface area contributed by atoms with Crippen molar-refractivity contribution in [2.24, 2.45) is 0 Å². The maximum Gasteiger partial charge on any atom is 0.303 e. The number of hydrogen-bond donors (Lipinski definition) is 2. The van der Waals surface area contributed by atoms with Crippen LogP contribution >= 0.6 is 0 Å². The van der Waals surface area contributed by atoms with E-state index in [1.165, 1.54) is 0 Å². The molecule has 1 aliphatic heterocycles. The van der Waals surface area contributed by atoms with Crippen LogP contribution in [0.1, 0.15) is 20.8 Å². The molecule has 21 heavy (non-hydrogen) atoms. The molecule has 1 aliphatic rings. The highest BCUT2D eigenvalue weighted by molar-refractivity contribution is 5.67. The van der Waals surface area contributed by atoms with E-state index in [1.807, 2.05) is 0 Å². The molecule has 9 nitrogen and oxygen atoms in total. The molecule has 5 atom stereocenters. The molecule has 0 aromatic carbocycles. The number of esters is 3. The van der Waals surface area contributed by atoms with E-state index in [0.29, 0.717) is 0 Å². The first kappa shape index (κ1) is 17.3. The summed E-state index contributed by atoms with van der Waals surface area (Å²) in [7, 11) is 0. The molecular formula is C12H18O9. The maximum absolute atomic E-state index is 11.1. The summed E-state index contributed by atoms with van der Waals surface area (Å²) >= 11 is 0. The molecule has 0 saturated carbocycles. The van der Waals surface area contributed by atoms with Gasteiger partial charge in [-0.15, -0.1) is 0 Å². The van der Waals surface area contributed by atoms with Crippen LogP contribution in [0, 0.1) is 0 Å². The largest absolute Gasteiger partial charge is 0.463 e. The van der Waals surface area contributed by atoms with Gasteiger partial charge in [0, 0.05) is 20.8 Å². The third-order valence-corrected chi connectivity index (χ3v) is 2.69. The fourth-order valence-electron chi connectivity index (χ4n) is 1.90. The van der Waals surface area contributed by atoms with Crippen molar-refractivity contribution in [1.82, 2.24) is 0 Å². The molecule has 0 spiro atoms. The summed E-state index contributed by atoms with van der Waals surface area (Å²) in [4.78, 5) is 32.8. The van der Waals surface area contributed by atoms with E-state index >= 15 is 0 Å². The lowest BCUT2D eigenvalue weighted by Gasteiger charge is -2.41. The maximum atomic E-state index is 11.1. The van der Waals surface area contributed by atoms with Crippen molar-refractivity contribution in [3.8, 4) is 0 Å². The minimum atomic E-state index is -1.64. The Morgan fingerprint density at radius 2 is 1.48 bits per heavy atom. The van der Waals surface area contributed by atoms with E-state index in [1.54, 1.807) is 0 Å². The van der Waals surface area contributed by atoms with Crippen molar-refractivity contribution in [3.63, 3.8) is 0 Å². The summed E-state index contributed by atoms with van der Waals surface area (Å²) in [5.74, 6) is -2.07. The summed E-state index contributed by atoms with van der Waals surface area (Å²) in [5, 5.41) is 19.8. The lowest BCUT2D eigenvalue weighted by atomic mass is 9.99. The number of aliphatic hydroxyl groups excluding tert-OH is 2. The Balaban J connectivity index is 2.86. The number of ether oxygens (including phenoxy) is 4. The molecule has 0 amide bonds. The zero-order valence-corrected chi connectivity index (χ0v) is 11.8. The average Bonchev–Trinajstić information content (AvgIpc) is 2.35. The molecule has 1 heterocycles. The second kappa shape index (κ2) is 7.34. The van der Waals surface area contributed by atoms with E-state index in [4.69, 9.17) is 18.9 Å². The molecule has 0 bridgehead atoms. The fourth-order valence-corrected chi connectivity index (χ4v) is 1.90. The Kier molecular flexibility index (Phi) is 6.06. The average molecular weight is 306 g/mol. The van der Waals surface area contributed by atoms with E-state index in [2.05, 4.69) is 0 Å². The van der Waals surface area contributed by atoms with Crippen molar-refractivity contribution < 1.29 is 43.5 Å². The predicted octanol–water partition coefficient (Wildman–Crippen LogP) is -1.51. The zero-order valence-electron chi connectivity index (χ0n) is 11.8. The van der Waals surface area contributed by atoms with Crippen LogP contribution < -0.4 is 0 Å². The van der Waals surface area contributed by atoms with Crippen LogP contribution in [0.5, 0.6) is 0 Å². The van der Waals surface area contributed by atoms with Gasteiger partial charge in [-0.3, -0.25) is 14.4 Å². The highest BCUT2D eigenvalue weighted by atomic mass is 16.7. The van der Waals surface area contributed by atoms with Gasteiger partial charge in [0.2, 0.25) is 0 Å². The number of carbonyl (C=O) groups excluding carboxylic acids is 3. The summed E-state index contributed by atoms with van der Waals surface area (Å²) in [6, 6.07) is 0. The monoisotopic (exact) mass is 306 g/mol. The van der Waals surface area contributed by atoms with Crippen molar-refractivity contribution in [1.29, 1.82) is 0 Å². The third kappa shape index (κ3) is 4.96. The Morgan fingerprint density at radius 1 is 0.952 bits per heavy atom. The highest BCUT2D eigenvalue weighted by Gasteiger charge is 2.48. The molecule has 120 valence electrons. The van der Waals surface area contributed by atoms with Crippen LogP contribution in [0.2, 0.25) is 0 Å². The van der Waals surface area contributed by atoms with E-state index in [9.17, 15) is 24.6 Å². The highest BCUT2D eigenvalue weighted by Crippen LogP contribution is 2.25. The summed E-state index contributed by atoms with van der Waals surface area (Å²) < 4.78 is 19.5. The van der Waals surface area contributed by atoms with Crippen LogP contribution in [0.15, 0.2) is 0 Å². The second-order valence-electron chi connectivity index (χ2n) is 4.51. The minimum absolute atomic E-state index is 0.339. The molecule has 1 rings (SSSR count). The summed E-state index contributed by atoms with van der Waals surface area (Å²) in [5.41, 5.74) is 0. The normalized spacial score (nSPS) is 32.1. The van der Waals surface area contributed by atoms with Gasteiger partial charge in [-0.2, -0.15) is 0 Å². The van der Waals surface area contributed by atoms with Gasteiger partial charge in [0.1, 0.15) is 18.8 Å². The zero-order chi connectivity index (χ0) is 16.2. The van der Waals surface area contributed by atoms with Crippen LogP contribution in [-0.2, 0) is 33.3 Å². The molecule has 0 aromatic rings. The van der Waals surface area contributed by atoms with Crippen molar-refractivity contribution in [3.05, 3.63) is 0 Å². The Labute approximate surface area is 120 Å². The van der Waals surface area contributed by atoms with Crippen molar-refractivity contribution >= 4 is 17.9 Å². The van der Waals surface area contributed by atoms with Gasteiger partial charge in [0.05, 0.1) is 0 Å². The number of aliphatic hydroxyl groups is 2. The van der Waals surface area contributed by atoms with Gasteiger partial charge in [0.15, 0.2) is 18.5 Å². The Hall–Kier alpha value is -1.71. The molecule has 1 saturated heterocycles. The molecule has 0 radical (unpaired) electrons. The van der Waals surface area contributed by atoms with Crippen LogP contribution in [0.4, 0.5) is 0 Å². The first-order valence-corrected chi connectivity index (χ1v) is 6.21. The van der Waals surface area contributed by atoms with Gasteiger partial charge in [-0.1, -0.05) is 0 Å². The van der Waals surface area contributed by atoms with E-state index in [-0.39, 0.29) is 6.61 Å². The molecule has 1 fully saturated rings. The van der Waals surface area contributed by atoms with E-state index < -0.39 is 48.6 Å². The molecule has 2 N–H and O–H groups in total. The van der Waals surface area contributed by atoms with Crippen LogP contribution in [0.3, 0.4) is 0 Å². The SMILES string of the molecule is CC(=O)OC[C@H]1O[C@@H](O)[C@H](OC(C)=O)[C@H](O)[C@H]1OC(C)=O. The predicted molar refractivity (Wildman–Crippen MR) is 64.6 cm³/mol. The molecule has 0 aliphatic carbocycles. The Bertz CT molecular complexity index is 406. The van der Waals surface area contributed by atoms with Crippen molar-refractivity contribution in [2.75, 3.05) is 6.61 Å². The number of carbonyl (C=O) groups is 3. The van der Waals surface area contributed by atoms with Gasteiger partial charge < -0.3 is 29.2 Å². The molecule has 0 unspecified atom stereocenters. The second-order valence-corrected chi connectivity index (χ2v) is 4.51. The minimum Gasteiger partial charge on any atom is -0.463 e. The van der Waals surface area contributed by atoms with E-state index in [0.717, 1.165) is 20.8 Å². The molecule has 9 heteroatoms. The van der Waals surface area contributed by atoms with Gasteiger partial charge >= 0.3 is 17.9 Å². The number of rotatable bonds is 4. The van der Waals surface area contributed by atoms with Gasteiger partial charge in [-0.25, -0.2) is 0 Å². The third-order valence-electron chi connectivity index (χ3n) is 2.69. The number of hydrogen-bond acceptors (Lipinski definition) is 9. The van der Waals surface area contributed by atoms with Gasteiger partial charge in [0.25, 0.3) is 0 Å².